The molecule has 5 atom stereocenters. The number of carbonyl (C=O) groups excluding carboxylic acids is 1. The van der Waals surface area contributed by atoms with Gasteiger partial charge in [-0.25, -0.2) is 0 Å². The first-order valence-corrected chi connectivity index (χ1v) is 8.40. The van der Waals surface area contributed by atoms with Gasteiger partial charge < -0.3 is 30.3 Å². The number of benzene rings is 1. The lowest BCUT2D eigenvalue weighted by molar-refractivity contribution is -0.334. The molecule has 2 rings (SSSR count). The number of aliphatic hydroxyl groups excluding tert-OH is 3. The van der Waals surface area contributed by atoms with Gasteiger partial charge in [-0.05, 0) is 18.6 Å². The zero-order valence-electron chi connectivity index (χ0n) is 13.4. The molecule has 0 spiro atoms. The van der Waals surface area contributed by atoms with Gasteiger partial charge in [0.05, 0.1) is 6.61 Å². The SMILES string of the molecule is CCC(=O)[C@@]1(O)[C@@H](O)[C@H](O)[C@@H](CO)O[C@@]1(O)Sc1ccccc1C. The second kappa shape index (κ2) is 7.09. The molecule has 0 saturated carbocycles. The van der Waals surface area contributed by atoms with Gasteiger partial charge in [0.15, 0.2) is 5.78 Å². The van der Waals surface area contributed by atoms with Crippen LogP contribution in [-0.2, 0) is 9.53 Å². The molecule has 1 heterocycles. The summed E-state index contributed by atoms with van der Waals surface area (Å²) in [5, 5.41) is 48.8. The minimum Gasteiger partial charge on any atom is -0.394 e. The van der Waals surface area contributed by atoms with Crippen LogP contribution < -0.4 is 0 Å². The first-order chi connectivity index (χ1) is 11.2. The number of thioether (sulfide) groups is 1. The van der Waals surface area contributed by atoms with Crippen molar-refractivity contribution in [1.82, 2.24) is 0 Å². The van der Waals surface area contributed by atoms with Crippen molar-refractivity contribution in [3.05, 3.63) is 29.8 Å². The van der Waals surface area contributed by atoms with Crippen molar-refractivity contribution in [3.63, 3.8) is 0 Å². The Morgan fingerprint density at radius 3 is 2.46 bits per heavy atom. The molecule has 7 nitrogen and oxygen atoms in total. The molecular weight excluding hydrogens is 336 g/mol. The monoisotopic (exact) mass is 358 g/mol. The molecule has 1 saturated heterocycles. The molecule has 1 aliphatic heterocycles. The Morgan fingerprint density at radius 1 is 1.29 bits per heavy atom. The number of carbonyl (C=O) groups is 1. The summed E-state index contributed by atoms with van der Waals surface area (Å²) in [6.07, 6.45) is -5.29. The molecule has 8 heteroatoms. The van der Waals surface area contributed by atoms with Crippen molar-refractivity contribution < 1.29 is 35.1 Å². The summed E-state index contributed by atoms with van der Waals surface area (Å²) in [6.45, 7) is 2.52. The van der Waals surface area contributed by atoms with Gasteiger partial charge in [-0.2, -0.15) is 0 Å². The molecule has 1 fully saturated rings. The maximum absolute atomic E-state index is 12.3. The third-order valence-electron chi connectivity index (χ3n) is 4.19. The fourth-order valence-electron chi connectivity index (χ4n) is 2.68. The van der Waals surface area contributed by atoms with E-state index in [0.29, 0.717) is 16.7 Å². The lowest BCUT2D eigenvalue weighted by Gasteiger charge is -2.51. The molecule has 5 N–H and O–H groups in total. The smallest absolute Gasteiger partial charge is 0.260 e. The molecule has 1 aliphatic rings. The van der Waals surface area contributed by atoms with Gasteiger partial charge in [-0.15, -0.1) is 0 Å². The predicted octanol–water partition coefficient (Wildman–Crippen LogP) is -0.444. The normalized spacial score (nSPS) is 36.5. The van der Waals surface area contributed by atoms with Crippen molar-refractivity contribution in [3.8, 4) is 0 Å². The minimum atomic E-state index is -2.75. The van der Waals surface area contributed by atoms with E-state index in [1.165, 1.54) is 6.92 Å². The van der Waals surface area contributed by atoms with E-state index >= 15 is 0 Å². The Bertz CT molecular complexity index is 610. The molecule has 1 aromatic rings. The molecule has 0 radical (unpaired) electrons. The molecule has 1 aromatic carbocycles. The highest BCUT2D eigenvalue weighted by Gasteiger charge is 2.67. The fourth-order valence-corrected chi connectivity index (χ4v) is 3.92. The number of rotatable bonds is 5. The fraction of sp³-hybridized carbons (Fsp3) is 0.562. The third-order valence-corrected chi connectivity index (χ3v) is 5.56. The van der Waals surface area contributed by atoms with Crippen molar-refractivity contribution in [1.29, 1.82) is 0 Å². The van der Waals surface area contributed by atoms with Crippen LogP contribution in [0.1, 0.15) is 18.9 Å². The maximum Gasteiger partial charge on any atom is 0.260 e. The summed E-state index contributed by atoms with van der Waals surface area (Å²) in [5.41, 5.74) is -1.99. The predicted molar refractivity (Wildman–Crippen MR) is 86.2 cm³/mol. The van der Waals surface area contributed by atoms with Crippen LogP contribution in [0.3, 0.4) is 0 Å². The minimum absolute atomic E-state index is 0.190. The molecule has 0 unspecified atom stereocenters. The van der Waals surface area contributed by atoms with E-state index in [2.05, 4.69) is 0 Å². The summed E-state index contributed by atoms with van der Waals surface area (Å²) < 4.78 is 5.29. The van der Waals surface area contributed by atoms with E-state index in [-0.39, 0.29) is 6.42 Å². The lowest BCUT2D eigenvalue weighted by Crippen LogP contribution is -2.74. The highest BCUT2D eigenvalue weighted by molar-refractivity contribution is 8.00. The Labute approximate surface area is 143 Å². The summed E-state index contributed by atoms with van der Waals surface area (Å²) in [5.74, 6) is -0.881. The van der Waals surface area contributed by atoms with E-state index < -0.39 is 41.4 Å². The van der Waals surface area contributed by atoms with Crippen LogP contribution in [0.5, 0.6) is 0 Å². The van der Waals surface area contributed by atoms with Gasteiger partial charge in [0.25, 0.3) is 5.12 Å². The van der Waals surface area contributed by atoms with E-state index in [0.717, 1.165) is 5.56 Å². The van der Waals surface area contributed by atoms with Crippen LogP contribution in [0, 0.1) is 6.92 Å². The Morgan fingerprint density at radius 2 is 1.92 bits per heavy atom. The second-order valence-electron chi connectivity index (χ2n) is 5.77. The average Bonchev–Trinajstić information content (AvgIpc) is 2.57. The number of ether oxygens (including phenoxy) is 1. The Balaban J connectivity index is 2.51. The summed E-state index contributed by atoms with van der Waals surface area (Å²) in [6, 6.07) is 6.91. The quantitative estimate of drug-likeness (QED) is 0.448. The second-order valence-corrected chi connectivity index (χ2v) is 6.96. The van der Waals surface area contributed by atoms with Crippen molar-refractivity contribution in [2.75, 3.05) is 6.61 Å². The van der Waals surface area contributed by atoms with Crippen LogP contribution in [0.25, 0.3) is 0 Å². The molecule has 0 aliphatic carbocycles. The van der Waals surface area contributed by atoms with Crippen LogP contribution in [0.4, 0.5) is 0 Å². The first kappa shape index (κ1) is 19.3. The highest BCUT2D eigenvalue weighted by Crippen LogP contribution is 2.48. The van der Waals surface area contributed by atoms with Crippen LogP contribution in [0.15, 0.2) is 29.2 Å². The van der Waals surface area contributed by atoms with Gasteiger partial charge in [-0.1, -0.05) is 36.9 Å². The summed E-state index contributed by atoms with van der Waals surface area (Å²) >= 11 is 0.649. The third kappa shape index (κ3) is 2.99. The average molecular weight is 358 g/mol. The number of aliphatic hydroxyl groups is 5. The number of aryl methyl sites for hydroxylation is 1. The Hall–Kier alpha value is -1.00. The number of Topliss-reactive ketones (excluding diaryl/α,β-unsaturated/α-hetero) is 1. The van der Waals surface area contributed by atoms with Gasteiger partial charge in [0.1, 0.15) is 18.3 Å². The van der Waals surface area contributed by atoms with Crippen molar-refractivity contribution in [2.24, 2.45) is 0 Å². The summed E-state index contributed by atoms with van der Waals surface area (Å²) in [4.78, 5) is 12.8. The largest absolute Gasteiger partial charge is 0.394 e. The number of ketones is 1. The van der Waals surface area contributed by atoms with E-state index in [9.17, 15) is 30.3 Å². The summed E-state index contributed by atoms with van der Waals surface area (Å²) in [7, 11) is 0. The topological polar surface area (TPSA) is 127 Å². The molecule has 0 bridgehead atoms. The van der Waals surface area contributed by atoms with Crippen molar-refractivity contribution >= 4 is 17.5 Å². The number of hydrogen-bond donors (Lipinski definition) is 5. The van der Waals surface area contributed by atoms with Gasteiger partial charge in [0, 0.05) is 11.3 Å². The Kier molecular flexibility index (Phi) is 5.71. The molecular formula is C16H22O7S. The van der Waals surface area contributed by atoms with Crippen molar-refractivity contribution in [2.45, 2.75) is 54.2 Å². The zero-order chi connectivity index (χ0) is 18.1. The first-order valence-electron chi connectivity index (χ1n) is 7.58. The standard InChI is InChI=1S/C16H22O7S/c1-3-12(18)15(21)14(20)13(19)10(8-17)23-16(15,22)24-11-7-5-4-6-9(11)2/h4-7,10,13-14,17,19-22H,3,8H2,1-2H3/t10-,13-,14+,15-,16-/m1/s1. The lowest BCUT2D eigenvalue weighted by atomic mass is 9.82. The molecule has 134 valence electrons. The van der Waals surface area contributed by atoms with Crippen LogP contribution in [-0.4, -0.2) is 67.0 Å². The molecule has 0 aromatic heterocycles. The number of hydrogen-bond acceptors (Lipinski definition) is 8. The maximum atomic E-state index is 12.3. The van der Waals surface area contributed by atoms with Crippen LogP contribution >= 0.6 is 11.8 Å². The van der Waals surface area contributed by atoms with Gasteiger partial charge in [-0.3, -0.25) is 4.79 Å². The van der Waals surface area contributed by atoms with E-state index in [1.807, 2.05) is 0 Å². The van der Waals surface area contributed by atoms with Crippen LogP contribution in [0.2, 0.25) is 0 Å². The highest BCUT2D eigenvalue weighted by atomic mass is 32.2. The van der Waals surface area contributed by atoms with E-state index in [1.54, 1.807) is 31.2 Å². The van der Waals surface area contributed by atoms with Gasteiger partial charge in [0.2, 0.25) is 5.60 Å². The van der Waals surface area contributed by atoms with Gasteiger partial charge >= 0.3 is 0 Å². The molecule has 0 amide bonds. The molecule has 24 heavy (non-hydrogen) atoms. The zero-order valence-corrected chi connectivity index (χ0v) is 14.2. The van der Waals surface area contributed by atoms with E-state index in [4.69, 9.17) is 4.74 Å².